The Balaban J connectivity index is 2.71. The molecule has 0 fully saturated rings. The number of carbonyl (C=O) groups is 1. The van der Waals surface area contributed by atoms with E-state index in [1.807, 2.05) is 0 Å². The van der Waals surface area contributed by atoms with E-state index in [9.17, 15) is 17.6 Å². The van der Waals surface area contributed by atoms with Crippen LogP contribution in [0.5, 0.6) is 0 Å². The van der Waals surface area contributed by atoms with Crippen LogP contribution in [0.25, 0.3) is 0 Å². The standard InChI is InChI=1S/C10H12BrFN2O3S/c11-7-3-4-9(8(12)6-7)18(16,17)14-5-1-2-10(13)15/h3-4,6,14H,1-2,5H2,(H2,13,15). The van der Waals surface area contributed by atoms with Crippen molar-refractivity contribution in [1.82, 2.24) is 4.72 Å². The molecule has 0 saturated carbocycles. The maximum atomic E-state index is 13.5. The van der Waals surface area contributed by atoms with Crippen molar-refractivity contribution in [3.05, 3.63) is 28.5 Å². The lowest BCUT2D eigenvalue weighted by Crippen LogP contribution is -2.26. The van der Waals surface area contributed by atoms with Gasteiger partial charge in [0.25, 0.3) is 0 Å². The number of halogens is 2. The minimum atomic E-state index is -3.90. The van der Waals surface area contributed by atoms with E-state index < -0.39 is 26.6 Å². The average molecular weight is 339 g/mol. The Morgan fingerprint density at radius 2 is 2.11 bits per heavy atom. The molecule has 0 atom stereocenters. The van der Waals surface area contributed by atoms with Crippen molar-refractivity contribution in [2.45, 2.75) is 17.7 Å². The number of hydrogen-bond donors (Lipinski definition) is 2. The van der Waals surface area contributed by atoms with Gasteiger partial charge >= 0.3 is 0 Å². The van der Waals surface area contributed by atoms with Crippen LogP contribution >= 0.6 is 15.9 Å². The first kappa shape index (κ1) is 15.1. The number of sulfonamides is 1. The fraction of sp³-hybridized carbons (Fsp3) is 0.300. The summed E-state index contributed by atoms with van der Waals surface area (Å²) in [6, 6.07) is 3.66. The van der Waals surface area contributed by atoms with Crippen LogP contribution in [-0.4, -0.2) is 20.9 Å². The largest absolute Gasteiger partial charge is 0.370 e. The number of rotatable bonds is 6. The number of amides is 1. The summed E-state index contributed by atoms with van der Waals surface area (Å²) in [6.45, 7) is 0.0285. The average Bonchev–Trinajstić information content (AvgIpc) is 2.23. The normalized spacial score (nSPS) is 11.4. The molecule has 0 saturated heterocycles. The highest BCUT2D eigenvalue weighted by atomic mass is 79.9. The first-order valence-electron chi connectivity index (χ1n) is 5.06. The Labute approximate surface area is 113 Å². The molecule has 0 radical (unpaired) electrons. The van der Waals surface area contributed by atoms with Crippen molar-refractivity contribution in [3.63, 3.8) is 0 Å². The van der Waals surface area contributed by atoms with E-state index in [2.05, 4.69) is 20.7 Å². The van der Waals surface area contributed by atoms with Crippen LogP contribution in [0, 0.1) is 5.82 Å². The van der Waals surface area contributed by atoms with E-state index in [4.69, 9.17) is 5.73 Å². The molecule has 0 aromatic heterocycles. The predicted molar refractivity (Wildman–Crippen MR) is 67.7 cm³/mol. The van der Waals surface area contributed by atoms with E-state index in [0.717, 1.165) is 12.1 Å². The second-order valence-electron chi connectivity index (χ2n) is 3.54. The van der Waals surface area contributed by atoms with Gasteiger partial charge in [0.15, 0.2) is 0 Å². The Morgan fingerprint density at radius 1 is 1.44 bits per heavy atom. The number of carbonyl (C=O) groups excluding carboxylic acids is 1. The van der Waals surface area contributed by atoms with Crippen LogP contribution in [0.2, 0.25) is 0 Å². The summed E-state index contributed by atoms with van der Waals surface area (Å²) < 4.78 is 39.6. The third-order valence-corrected chi connectivity index (χ3v) is 4.06. The van der Waals surface area contributed by atoms with Gasteiger partial charge in [0.05, 0.1) is 0 Å². The van der Waals surface area contributed by atoms with Crippen molar-refractivity contribution in [1.29, 1.82) is 0 Å². The Hall–Kier alpha value is -0.990. The van der Waals surface area contributed by atoms with Crippen LogP contribution in [0.1, 0.15) is 12.8 Å². The molecule has 0 spiro atoms. The number of primary amides is 1. The van der Waals surface area contributed by atoms with E-state index in [0.29, 0.717) is 4.47 Å². The lowest BCUT2D eigenvalue weighted by atomic mass is 10.3. The molecule has 8 heteroatoms. The molecular formula is C10H12BrFN2O3S. The first-order valence-corrected chi connectivity index (χ1v) is 7.33. The zero-order valence-corrected chi connectivity index (χ0v) is 11.7. The molecule has 1 aromatic rings. The quantitative estimate of drug-likeness (QED) is 0.762. The lowest BCUT2D eigenvalue weighted by Gasteiger charge is -2.07. The molecule has 0 bridgehead atoms. The van der Waals surface area contributed by atoms with Gasteiger partial charge < -0.3 is 5.73 Å². The molecule has 0 aliphatic carbocycles. The van der Waals surface area contributed by atoms with Gasteiger partial charge in [-0.3, -0.25) is 4.79 Å². The summed E-state index contributed by atoms with van der Waals surface area (Å²) in [5.41, 5.74) is 4.91. The Kier molecular flexibility index (Phi) is 5.24. The maximum absolute atomic E-state index is 13.5. The molecule has 5 nitrogen and oxygen atoms in total. The monoisotopic (exact) mass is 338 g/mol. The molecule has 0 aliphatic rings. The third kappa shape index (κ3) is 4.35. The molecule has 0 aliphatic heterocycles. The Bertz CT molecular complexity index is 548. The molecule has 0 heterocycles. The maximum Gasteiger partial charge on any atom is 0.243 e. The van der Waals surface area contributed by atoms with E-state index in [-0.39, 0.29) is 19.4 Å². The van der Waals surface area contributed by atoms with Crippen LogP contribution in [0.15, 0.2) is 27.6 Å². The molecular weight excluding hydrogens is 327 g/mol. The van der Waals surface area contributed by atoms with E-state index >= 15 is 0 Å². The van der Waals surface area contributed by atoms with Gasteiger partial charge in [0.2, 0.25) is 15.9 Å². The molecule has 1 aromatic carbocycles. The summed E-state index contributed by atoms with van der Waals surface area (Å²) in [6.07, 6.45) is 0.345. The highest BCUT2D eigenvalue weighted by Crippen LogP contribution is 2.19. The van der Waals surface area contributed by atoms with Crippen LogP contribution in [0.4, 0.5) is 4.39 Å². The molecule has 18 heavy (non-hydrogen) atoms. The van der Waals surface area contributed by atoms with E-state index in [1.54, 1.807) is 0 Å². The van der Waals surface area contributed by atoms with Gasteiger partial charge in [-0.25, -0.2) is 17.5 Å². The summed E-state index contributed by atoms with van der Waals surface area (Å²) in [5, 5.41) is 0. The number of nitrogens with one attached hydrogen (secondary N) is 1. The van der Waals surface area contributed by atoms with E-state index in [1.165, 1.54) is 6.07 Å². The summed E-state index contributed by atoms with van der Waals surface area (Å²) in [4.78, 5) is 10.0. The highest BCUT2D eigenvalue weighted by Gasteiger charge is 2.18. The third-order valence-electron chi connectivity index (χ3n) is 2.08. The minimum absolute atomic E-state index is 0.0285. The fourth-order valence-electron chi connectivity index (χ4n) is 1.24. The topological polar surface area (TPSA) is 89.3 Å². The van der Waals surface area contributed by atoms with Crippen LogP contribution in [-0.2, 0) is 14.8 Å². The Morgan fingerprint density at radius 3 is 2.67 bits per heavy atom. The van der Waals surface area contributed by atoms with Gasteiger partial charge in [-0.05, 0) is 24.6 Å². The molecule has 100 valence electrons. The molecule has 1 rings (SSSR count). The first-order chi connectivity index (χ1) is 8.33. The van der Waals surface area contributed by atoms with Crippen LogP contribution < -0.4 is 10.5 Å². The molecule has 3 N–H and O–H groups in total. The lowest BCUT2D eigenvalue weighted by molar-refractivity contribution is -0.118. The summed E-state index contributed by atoms with van der Waals surface area (Å²) in [5.74, 6) is -1.35. The second-order valence-corrected chi connectivity index (χ2v) is 6.19. The molecule has 1 amide bonds. The van der Waals surface area contributed by atoms with Crippen molar-refractivity contribution in [2.75, 3.05) is 6.54 Å². The zero-order chi connectivity index (χ0) is 13.8. The fourth-order valence-corrected chi connectivity index (χ4v) is 2.70. The smallest absolute Gasteiger partial charge is 0.243 e. The zero-order valence-electron chi connectivity index (χ0n) is 9.32. The summed E-state index contributed by atoms with van der Waals surface area (Å²) in [7, 11) is -3.90. The van der Waals surface area contributed by atoms with Crippen molar-refractivity contribution < 1.29 is 17.6 Å². The van der Waals surface area contributed by atoms with Gasteiger partial charge in [-0.15, -0.1) is 0 Å². The van der Waals surface area contributed by atoms with Gasteiger partial charge in [-0.2, -0.15) is 0 Å². The van der Waals surface area contributed by atoms with Crippen molar-refractivity contribution in [2.24, 2.45) is 5.73 Å². The minimum Gasteiger partial charge on any atom is -0.370 e. The van der Waals surface area contributed by atoms with Gasteiger partial charge in [0.1, 0.15) is 10.7 Å². The van der Waals surface area contributed by atoms with Crippen LogP contribution in [0.3, 0.4) is 0 Å². The van der Waals surface area contributed by atoms with Gasteiger partial charge in [-0.1, -0.05) is 15.9 Å². The SMILES string of the molecule is NC(=O)CCCNS(=O)(=O)c1ccc(Br)cc1F. The number of nitrogens with two attached hydrogens (primary N) is 1. The van der Waals surface area contributed by atoms with Crippen molar-refractivity contribution in [3.8, 4) is 0 Å². The predicted octanol–water partition coefficient (Wildman–Crippen LogP) is 1.13. The second kappa shape index (κ2) is 6.26. The molecule has 0 unspecified atom stereocenters. The highest BCUT2D eigenvalue weighted by molar-refractivity contribution is 9.10. The van der Waals surface area contributed by atoms with Gasteiger partial charge in [0, 0.05) is 17.4 Å². The summed E-state index contributed by atoms with van der Waals surface area (Å²) >= 11 is 3.04. The number of hydrogen-bond acceptors (Lipinski definition) is 3. The number of benzene rings is 1. The van der Waals surface area contributed by atoms with Crippen molar-refractivity contribution >= 4 is 31.9 Å².